The molecule has 0 atom stereocenters. The summed E-state index contributed by atoms with van der Waals surface area (Å²) in [6.07, 6.45) is 1.10. The Morgan fingerprint density at radius 2 is 1.63 bits per heavy atom. The lowest BCUT2D eigenvalue weighted by molar-refractivity contribution is -0.117. The number of amides is 2. The van der Waals surface area contributed by atoms with Crippen molar-refractivity contribution in [1.82, 2.24) is 0 Å². The molecule has 0 radical (unpaired) electrons. The number of hydrogen-bond donors (Lipinski definition) is 1. The number of aryl methyl sites for hydroxylation is 2. The van der Waals surface area contributed by atoms with E-state index in [4.69, 9.17) is 0 Å². The monoisotopic (exact) mass is 367 g/mol. The molecule has 0 aliphatic heterocycles. The molecule has 0 aliphatic carbocycles. The molecule has 2 amide bonds. The number of nitrogens with one attached hydrogen (secondary N) is 1. The van der Waals surface area contributed by atoms with Gasteiger partial charge in [-0.3, -0.25) is 9.59 Å². The molecule has 1 N–H and O–H groups in total. The van der Waals surface area contributed by atoms with Gasteiger partial charge in [0.2, 0.25) is 11.8 Å². The molecule has 0 saturated carbocycles. The van der Waals surface area contributed by atoms with Gasteiger partial charge in [0.1, 0.15) is 0 Å². The molecule has 5 nitrogen and oxygen atoms in total. The average molecular weight is 367 g/mol. The highest BCUT2D eigenvalue weighted by Crippen LogP contribution is 2.22. The lowest BCUT2D eigenvalue weighted by atomic mass is 10.1. The largest absolute Gasteiger partial charge is 0.378 e. The first-order chi connectivity index (χ1) is 12.8. The maximum atomic E-state index is 12.5. The molecule has 27 heavy (non-hydrogen) atoms. The zero-order valence-corrected chi connectivity index (χ0v) is 16.9. The van der Waals surface area contributed by atoms with Gasteiger partial charge in [0.05, 0.1) is 0 Å². The first-order valence-corrected chi connectivity index (χ1v) is 9.27. The second kappa shape index (κ2) is 9.21. The third kappa shape index (κ3) is 5.33. The van der Waals surface area contributed by atoms with E-state index in [2.05, 4.69) is 12.2 Å². The molecule has 0 unspecified atom stereocenters. The van der Waals surface area contributed by atoms with Gasteiger partial charge in [-0.1, -0.05) is 25.1 Å². The minimum Gasteiger partial charge on any atom is -0.378 e. The van der Waals surface area contributed by atoms with Crippen LogP contribution in [0.1, 0.15) is 31.4 Å². The van der Waals surface area contributed by atoms with Gasteiger partial charge >= 0.3 is 0 Å². The number of benzene rings is 2. The maximum Gasteiger partial charge on any atom is 0.226 e. The third-order valence-electron chi connectivity index (χ3n) is 4.62. The summed E-state index contributed by atoms with van der Waals surface area (Å²) >= 11 is 0. The van der Waals surface area contributed by atoms with E-state index in [9.17, 15) is 9.59 Å². The summed E-state index contributed by atoms with van der Waals surface area (Å²) in [5.74, 6) is -0.166. The molecule has 5 heteroatoms. The SMILES string of the molecule is CCc1cccc(C)c1NC(=O)CCN(C(C)=O)c1ccc(N(C)C)cc1. The summed E-state index contributed by atoms with van der Waals surface area (Å²) in [7, 11) is 3.94. The van der Waals surface area contributed by atoms with E-state index in [1.54, 1.807) is 4.90 Å². The summed E-state index contributed by atoms with van der Waals surface area (Å²) in [6, 6.07) is 13.8. The first kappa shape index (κ1) is 20.5. The maximum absolute atomic E-state index is 12.5. The molecule has 0 fully saturated rings. The zero-order chi connectivity index (χ0) is 20.0. The van der Waals surface area contributed by atoms with Crippen LogP contribution in [-0.4, -0.2) is 32.5 Å². The standard InChI is InChI=1S/C22H29N3O2/c1-6-18-9-7-8-16(2)22(18)23-21(27)14-15-25(17(3)26)20-12-10-19(11-13-20)24(4)5/h7-13H,6,14-15H2,1-5H3,(H,23,27). The topological polar surface area (TPSA) is 52.7 Å². The Balaban J connectivity index is 2.06. The number of hydrogen-bond acceptors (Lipinski definition) is 3. The second-order valence-electron chi connectivity index (χ2n) is 6.84. The number of nitrogens with zero attached hydrogens (tertiary/aromatic N) is 2. The van der Waals surface area contributed by atoms with Crippen molar-refractivity contribution in [2.24, 2.45) is 0 Å². The van der Waals surface area contributed by atoms with E-state index in [1.165, 1.54) is 6.92 Å². The average Bonchev–Trinajstić information content (AvgIpc) is 2.63. The van der Waals surface area contributed by atoms with Crippen molar-refractivity contribution < 1.29 is 9.59 Å². The molecular formula is C22H29N3O2. The van der Waals surface area contributed by atoms with Crippen LogP contribution in [-0.2, 0) is 16.0 Å². The molecule has 0 aromatic heterocycles. The quantitative estimate of drug-likeness (QED) is 0.805. The van der Waals surface area contributed by atoms with Gasteiger partial charge in [-0.15, -0.1) is 0 Å². The molecule has 0 heterocycles. The van der Waals surface area contributed by atoms with Gasteiger partial charge < -0.3 is 15.1 Å². The van der Waals surface area contributed by atoms with Gasteiger partial charge in [0, 0.05) is 51.0 Å². The highest BCUT2D eigenvalue weighted by atomic mass is 16.2. The van der Waals surface area contributed by atoms with E-state index in [-0.39, 0.29) is 18.2 Å². The van der Waals surface area contributed by atoms with Crippen LogP contribution in [0.3, 0.4) is 0 Å². The molecule has 0 bridgehead atoms. The molecular weight excluding hydrogens is 338 g/mol. The Hall–Kier alpha value is -2.82. The highest BCUT2D eigenvalue weighted by molar-refractivity contribution is 5.95. The smallest absolute Gasteiger partial charge is 0.226 e. The van der Waals surface area contributed by atoms with E-state index >= 15 is 0 Å². The predicted octanol–water partition coefficient (Wildman–Crippen LogP) is 4.01. The van der Waals surface area contributed by atoms with Crippen LogP contribution in [0, 0.1) is 6.92 Å². The fourth-order valence-electron chi connectivity index (χ4n) is 3.02. The van der Waals surface area contributed by atoms with Gasteiger partial charge in [-0.25, -0.2) is 0 Å². The molecule has 0 aliphatic rings. The molecule has 0 spiro atoms. The van der Waals surface area contributed by atoms with Crippen LogP contribution in [0.2, 0.25) is 0 Å². The summed E-state index contributed by atoms with van der Waals surface area (Å²) in [4.78, 5) is 28.2. The lowest BCUT2D eigenvalue weighted by Gasteiger charge is -2.22. The summed E-state index contributed by atoms with van der Waals surface area (Å²) in [5, 5.41) is 3.02. The van der Waals surface area contributed by atoms with Crippen LogP contribution < -0.4 is 15.1 Å². The zero-order valence-electron chi connectivity index (χ0n) is 16.9. The summed E-state index contributed by atoms with van der Waals surface area (Å²) in [5.41, 5.74) is 4.91. The van der Waals surface area contributed by atoms with Crippen LogP contribution in [0.15, 0.2) is 42.5 Å². The van der Waals surface area contributed by atoms with Crippen LogP contribution >= 0.6 is 0 Å². The number of rotatable bonds is 7. The van der Waals surface area contributed by atoms with E-state index < -0.39 is 0 Å². The van der Waals surface area contributed by atoms with Crippen LogP contribution in [0.4, 0.5) is 17.1 Å². The Morgan fingerprint density at radius 1 is 1.00 bits per heavy atom. The Bertz CT molecular complexity index is 798. The number of anilines is 3. The van der Waals surface area contributed by atoms with Crippen LogP contribution in [0.25, 0.3) is 0 Å². The molecule has 0 saturated heterocycles. The normalized spacial score (nSPS) is 10.4. The third-order valence-corrected chi connectivity index (χ3v) is 4.62. The van der Waals surface area contributed by atoms with Crippen molar-refractivity contribution in [3.8, 4) is 0 Å². The van der Waals surface area contributed by atoms with Crippen LogP contribution in [0.5, 0.6) is 0 Å². The fraction of sp³-hybridized carbons (Fsp3) is 0.364. The van der Waals surface area contributed by atoms with Gasteiger partial charge in [-0.2, -0.15) is 0 Å². The predicted molar refractivity (Wildman–Crippen MR) is 113 cm³/mol. The second-order valence-corrected chi connectivity index (χ2v) is 6.84. The molecule has 2 rings (SSSR count). The van der Waals surface area contributed by atoms with E-state index in [0.29, 0.717) is 6.54 Å². The van der Waals surface area contributed by atoms with Gasteiger partial charge in [0.25, 0.3) is 0 Å². The Labute approximate surface area is 162 Å². The van der Waals surface area contributed by atoms with Crippen molar-refractivity contribution in [2.75, 3.05) is 35.8 Å². The Morgan fingerprint density at radius 3 is 2.19 bits per heavy atom. The molecule has 2 aromatic carbocycles. The van der Waals surface area contributed by atoms with E-state index in [0.717, 1.165) is 34.6 Å². The fourth-order valence-corrected chi connectivity index (χ4v) is 3.02. The van der Waals surface area contributed by atoms with Crippen molar-refractivity contribution in [3.05, 3.63) is 53.6 Å². The lowest BCUT2D eigenvalue weighted by Crippen LogP contribution is -2.32. The van der Waals surface area contributed by atoms with Crippen molar-refractivity contribution in [3.63, 3.8) is 0 Å². The summed E-state index contributed by atoms with van der Waals surface area (Å²) in [6.45, 7) is 5.92. The van der Waals surface area contributed by atoms with Crippen molar-refractivity contribution in [2.45, 2.75) is 33.6 Å². The molecule has 144 valence electrons. The Kier molecular flexibility index (Phi) is 6.99. The van der Waals surface area contributed by atoms with Crippen molar-refractivity contribution in [1.29, 1.82) is 0 Å². The molecule has 2 aromatic rings. The number of carbonyl (C=O) groups excluding carboxylic acids is 2. The number of para-hydroxylation sites is 1. The van der Waals surface area contributed by atoms with E-state index in [1.807, 2.05) is 68.4 Å². The minimum absolute atomic E-state index is 0.0782. The van der Waals surface area contributed by atoms with Gasteiger partial charge in [0.15, 0.2) is 0 Å². The van der Waals surface area contributed by atoms with Crippen molar-refractivity contribution >= 4 is 28.9 Å². The minimum atomic E-state index is -0.0878. The highest BCUT2D eigenvalue weighted by Gasteiger charge is 2.15. The summed E-state index contributed by atoms with van der Waals surface area (Å²) < 4.78 is 0. The first-order valence-electron chi connectivity index (χ1n) is 9.27. The number of carbonyl (C=O) groups is 2. The van der Waals surface area contributed by atoms with Gasteiger partial charge in [-0.05, 0) is 48.7 Å².